The highest BCUT2D eigenvalue weighted by Crippen LogP contribution is 2.43. The number of ether oxygens (including phenoxy) is 1. The maximum Gasteiger partial charge on any atom is 0.310 e. The first kappa shape index (κ1) is 18.3. The van der Waals surface area contributed by atoms with E-state index in [0.717, 1.165) is 38.3 Å². The Morgan fingerprint density at radius 3 is 2.46 bits per heavy atom. The van der Waals surface area contributed by atoms with Crippen LogP contribution in [-0.4, -0.2) is 23.5 Å². The van der Waals surface area contributed by atoms with Gasteiger partial charge in [-0.1, -0.05) is 18.2 Å². The quantitative estimate of drug-likeness (QED) is 0.747. The van der Waals surface area contributed by atoms with Crippen LogP contribution in [0, 0.1) is 5.82 Å². The lowest BCUT2D eigenvalue weighted by Gasteiger charge is -2.05. The van der Waals surface area contributed by atoms with Crippen molar-refractivity contribution in [3.63, 3.8) is 0 Å². The normalized spacial score (nSPS) is 15.9. The zero-order chi connectivity index (χ0) is 18.8. The molecular formula is C21H19FO3S. The third-order valence-corrected chi connectivity index (χ3v) is 5.46. The summed E-state index contributed by atoms with van der Waals surface area (Å²) in [6, 6.07) is 12.1. The van der Waals surface area contributed by atoms with Gasteiger partial charge in [-0.15, -0.1) is 0 Å². The number of fused-ring (bicyclic) bond motifs is 1. The molecule has 5 heteroatoms. The van der Waals surface area contributed by atoms with E-state index in [4.69, 9.17) is 4.74 Å². The summed E-state index contributed by atoms with van der Waals surface area (Å²) < 4.78 is 30.1. The van der Waals surface area contributed by atoms with Gasteiger partial charge in [-0.2, -0.15) is 0 Å². The third-order valence-electron chi connectivity index (χ3n) is 4.53. The van der Waals surface area contributed by atoms with Crippen LogP contribution in [0.4, 0.5) is 4.39 Å². The largest absolute Gasteiger partial charge is 0.469 e. The summed E-state index contributed by atoms with van der Waals surface area (Å²) in [5.41, 5.74) is 5.23. The molecular weight excluding hydrogens is 351 g/mol. The lowest BCUT2D eigenvalue weighted by atomic mass is 10.0. The first-order valence-corrected chi connectivity index (χ1v) is 9.69. The molecule has 26 heavy (non-hydrogen) atoms. The number of benzene rings is 2. The van der Waals surface area contributed by atoms with Gasteiger partial charge < -0.3 is 4.74 Å². The number of rotatable bonds is 4. The Labute approximate surface area is 154 Å². The lowest BCUT2D eigenvalue weighted by Crippen LogP contribution is -2.01. The fourth-order valence-corrected chi connectivity index (χ4v) is 3.64. The summed E-state index contributed by atoms with van der Waals surface area (Å²) in [5.74, 6) is -0.694. The summed E-state index contributed by atoms with van der Waals surface area (Å²) in [6.07, 6.45) is 3.74. The highest BCUT2D eigenvalue weighted by molar-refractivity contribution is 7.84. The van der Waals surface area contributed by atoms with Crippen LogP contribution < -0.4 is 0 Å². The van der Waals surface area contributed by atoms with Crippen LogP contribution in [-0.2, 0) is 20.3 Å². The van der Waals surface area contributed by atoms with E-state index in [1.54, 1.807) is 12.3 Å². The number of carbonyl (C=O) groups excluding carboxylic acids is 1. The molecule has 2 aromatic carbocycles. The van der Waals surface area contributed by atoms with Crippen LogP contribution in [0.25, 0.3) is 17.2 Å². The van der Waals surface area contributed by atoms with Crippen LogP contribution in [0.3, 0.4) is 0 Å². The van der Waals surface area contributed by atoms with Gasteiger partial charge in [-0.25, -0.2) is 4.39 Å². The van der Waals surface area contributed by atoms with Crippen LogP contribution in [0.15, 0.2) is 52.9 Å². The average Bonchev–Trinajstić information content (AvgIpc) is 2.87. The van der Waals surface area contributed by atoms with Gasteiger partial charge in [-0.3, -0.25) is 9.00 Å². The molecule has 1 aliphatic rings. The van der Waals surface area contributed by atoms with Gasteiger partial charge >= 0.3 is 5.97 Å². The number of methoxy groups -OCH3 is 1. The Morgan fingerprint density at radius 1 is 1.15 bits per heavy atom. The molecule has 0 saturated heterocycles. The van der Waals surface area contributed by atoms with E-state index in [-0.39, 0.29) is 18.2 Å². The van der Waals surface area contributed by atoms with Gasteiger partial charge in [0.15, 0.2) is 0 Å². The van der Waals surface area contributed by atoms with Gasteiger partial charge in [0.2, 0.25) is 0 Å². The van der Waals surface area contributed by atoms with Crippen LogP contribution in [0.5, 0.6) is 0 Å². The molecule has 0 aromatic heterocycles. The second-order valence-corrected chi connectivity index (χ2v) is 7.51. The van der Waals surface area contributed by atoms with Crippen molar-refractivity contribution in [2.75, 3.05) is 13.4 Å². The monoisotopic (exact) mass is 370 g/mol. The number of allylic oxidation sites excluding steroid dienone is 2. The molecule has 3 nitrogen and oxygen atoms in total. The Balaban J connectivity index is 2.08. The van der Waals surface area contributed by atoms with E-state index >= 15 is 0 Å². The summed E-state index contributed by atoms with van der Waals surface area (Å²) in [5, 5.41) is 0. The molecule has 1 atom stereocenters. The van der Waals surface area contributed by atoms with Gasteiger partial charge in [-0.05, 0) is 70.7 Å². The first-order valence-electron chi connectivity index (χ1n) is 8.13. The Hall–Kier alpha value is -2.53. The van der Waals surface area contributed by atoms with Crippen LogP contribution >= 0.6 is 0 Å². The number of hydrogen-bond donors (Lipinski definition) is 0. The second kappa shape index (κ2) is 7.38. The second-order valence-electron chi connectivity index (χ2n) is 6.13. The molecule has 0 N–H and O–H groups in total. The van der Waals surface area contributed by atoms with Gasteiger partial charge in [0.05, 0.1) is 13.5 Å². The van der Waals surface area contributed by atoms with Crippen LogP contribution in [0.1, 0.15) is 30.0 Å². The molecule has 1 aliphatic carbocycles. The molecule has 0 bridgehead atoms. The van der Waals surface area contributed by atoms with E-state index in [1.165, 1.54) is 19.2 Å². The maximum absolute atomic E-state index is 13.8. The number of hydrogen-bond acceptors (Lipinski definition) is 3. The molecule has 0 radical (unpaired) electrons. The molecule has 0 aliphatic heterocycles. The first-order chi connectivity index (χ1) is 12.4. The molecule has 0 spiro atoms. The standard InChI is InChI=1S/C21H19FO3S/c1-13-18(10-14-4-7-16(8-5-14)26(3)24)17-9-6-15(22)11-20(17)19(13)12-21(23)25-2/h4-11H,12H2,1-3H3. The zero-order valence-corrected chi connectivity index (χ0v) is 15.7. The van der Waals surface area contributed by atoms with Crippen LogP contribution in [0.2, 0.25) is 0 Å². The topological polar surface area (TPSA) is 43.4 Å². The number of halogens is 1. The van der Waals surface area contributed by atoms with E-state index in [1.807, 2.05) is 37.3 Å². The number of carbonyl (C=O) groups is 1. The number of esters is 1. The van der Waals surface area contributed by atoms with Gasteiger partial charge in [0.1, 0.15) is 5.82 Å². The smallest absolute Gasteiger partial charge is 0.310 e. The fourth-order valence-electron chi connectivity index (χ4n) is 3.12. The van der Waals surface area contributed by atoms with E-state index in [2.05, 4.69) is 0 Å². The van der Waals surface area contributed by atoms with Gasteiger partial charge in [0.25, 0.3) is 0 Å². The molecule has 0 amide bonds. The minimum absolute atomic E-state index is 0.101. The summed E-state index contributed by atoms with van der Waals surface area (Å²) in [4.78, 5) is 12.5. The SMILES string of the molecule is COC(=O)CC1=C(C)C(=Cc2ccc(S(C)=O)cc2)c2ccc(F)cc21. The van der Waals surface area contributed by atoms with Crippen molar-refractivity contribution in [1.82, 2.24) is 0 Å². The van der Waals surface area contributed by atoms with Crippen molar-refractivity contribution in [3.05, 3.63) is 70.5 Å². The van der Waals surface area contributed by atoms with Crippen molar-refractivity contribution < 1.29 is 18.1 Å². The Bertz CT molecular complexity index is 956. The Kier molecular flexibility index (Phi) is 5.18. The molecule has 0 saturated carbocycles. The zero-order valence-electron chi connectivity index (χ0n) is 14.8. The van der Waals surface area contributed by atoms with Crippen molar-refractivity contribution in [2.45, 2.75) is 18.2 Å². The average molecular weight is 370 g/mol. The molecule has 2 aromatic rings. The molecule has 1 unspecified atom stereocenters. The van der Waals surface area contributed by atoms with E-state index < -0.39 is 10.8 Å². The van der Waals surface area contributed by atoms with Crippen molar-refractivity contribution in [2.24, 2.45) is 0 Å². The van der Waals surface area contributed by atoms with E-state index in [0.29, 0.717) is 0 Å². The predicted molar refractivity (Wildman–Crippen MR) is 102 cm³/mol. The van der Waals surface area contributed by atoms with Crippen molar-refractivity contribution >= 4 is 34.0 Å². The summed E-state index contributed by atoms with van der Waals surface area (Å²) in [7, 11) is 0.319. The van der Waals surface area contributed by atoms with Gasteiger partial charge in [0, 0.05) is 22.0 Å². The van der Waals surface area contributed by atoms with E-state index in [9.17, 15) is 13.4 Å². The summed E-state index contributed by atoms with van der Waals surface area (Å²) in [6.45, 7) is 1.93. The fraction of sp³-hybridized carbons (Fsp3) is 0.190. The van der Waals surface area contributed by atoms with Crippen molar-refractivity contribution in [3.8, 4) is 0 Å². The predicted octanol–water partition coefficient (Wildman–Crippen LogP) is 4.45. The highest BCUT2D eigenvalue weighted by atomic mass is 32.2. The molecule has 0 heterocycles. The lowest BCUT2D eigenvalue weighted by molar-refractivity contribution is -0.139. The summed E-state index contributed by atoms with van der Waals surface area (Å²) >= 11 is 0. The minimum Gasteiger partial charge on any atom is -0.469 e. The minimum atomic E-state index is -1.02. The van der Waals surface area contributed by atoms with Crippen molar-refractivity contribution in [1.29, 1.82) is 0 Å². The Morgan fingerprint density at radius 2 is 1.85 bits per heavy atom. The molecule has 134 valence electrons. The highest BCUT2D eigenvalue weighted by Gasteiger charge is 2.25. The third kappa shape index (κ3) is 3.53. The maximum atomic E-state index is 13.8. The molecule has 3 rings (SSSR count). The molecule has 0 fully saturated rings.